The van der Waals surface area contributed by atoms with Crippen LogP contribution in [0.4, 0.5) is 13.2 Å². The lowest BCUT2D eigenvalue weighted by Crippen LogP contribution is -2.34. The summed E-state index contributed by atoms with van der Waals surface area (Å²) < 4.78 is 43.2. The van der Waals surface area contributed by atoms with Crippen LogP contribution in [0.1, 0.15) is 26.3 Å². The fourth-order valence-corrected chi connectivity index (χ4v) is 2.59. The minimum absolute atomic E-state index is 0.102. The van der Waals surface area contributed by atoms with Gasteiger partial charge in [-0.1, -0.05) is 0 Å². The minimum atomic E-state index is -4.45. The number of benzene rings is 2. The number of hydrogen-bond donors (Lipinski definition) is 2. The van der Waals surface area contributed by atoms with Crippen molar-refractivity contribution in [1.82, 2.24) is 10.6 Å². The van der Waals surface area contributed by atoms with Gasteiger partial charge in [0.15, 0.2) is 0 Å². The zero-order valence-corrected chi connectivity index (χ0v) is 15.8. The van der Waals surface area contributed by atoms with Gasteiger partial charge >= 0.3 is 6.18 Å². The first-order chi connectivity index (χ1) is 12.7. The standard InChI is InChI=1S/C18H16BrF3N2O3/c1-27-13-6-7-15(19)14(10-13)17(26)24-9-8-23-16(25)11-2-4-12(5-3-11)18(20,21)22/h2-7,10H,8-9H2,1H3,(H,23,25)(H,24,26). The van der Waals surface area contributed by atoms with E-state index >= 15 is 0 Å². The molecule has 0 heterocycles. The first kappa shape index (κ1) is 20.8. The lowest BCUT2D eigenvalue weighted by Gasteiger charge is -2.10. The van der Waals surface area contributed by atoms with Gasteiger partial charge in [0, 0.05) is 23.1 Å². The van der Waals surface area contributed by atoms with Crippen molar-refractivity contribution in [3.05, 3.63) is 63.6 Å². The number of methoxy groups -OCH3 is 1. The van der Waals surface area contributed by atoms with Gasteiger partial charge in [-0.05, 0) is 58.4 Å². The zero-order valence-electron chi connectivity index (χ0n) is 14.2. The summed E-state index contributed by atoms with van der Waals surface area (Å²) in [4.78, 5) is 24.1. The Labute approximate surface area is 162 Å². The molecule has 0 aliphatic heterocycles. The molecule has 2 N–H and O–H groups in total. The van der Waals surface area contributed by atoms with Gasteiger partial charge in [0.1, 0.15) is 5.75 Å². The molecule has 0 fully saturated rings. The van der Waals surface area contributed by atoms with E-state index < -0.39 is 17.6 Å². The van der Waals surface area contributed by atoms with Gasteiger partial charge in [0.25, 0.3) is 11.8 Å². The van der Waals surface area contributed by atoms with E-state index in [1.807, 2.05) is 0 Å². The van der Waals surface area contributed by atoms with Crippen LogP contribution in [0, 0.1) is 0 Å². The molecule has 2 rings (SSSR count). The number of rotatable bonds is 6. The fraction of sp³-hybridized carbons (Fsp3) is 0.222. The maximum Gasteiger partial charge on any atom is 0.416 e. The molecule has 0 spiro atoms. The second kappa shape index (κ2) is 8.90. The maximum atomic E-state index is 12.5. The summed E-state index contributed by atoms with van der Waals surface area (Å²) in [6, 6.07) is 8.84. The summed E-state index contributed by atoms with van der Waals surface area (Å²) in [5, 5.41) is 5.17. The third-order valence-electron chi connectivity index (χ3n) is 3.59. The van der Waals surface area contributed by atoms with E-state index in [1.165, 1.54) is 7.11 Å². The molecular weight excluding hydrogens is 429 g/mol. The van der Waals surface area contributed by atoms with Gasteiger partial charge in [-0.15, -0.1) is 0 Å². The topological polar surface area (TPSA) is 67.4 Å². The molecule has 0 bridgehead atoms. The Hall–Kier alpha value is -2.55. The van der Waals surface area contributed by atoms with E-state index in [-0.39, 0.29) is 24.6 Å². The van der Waals surface area contributed by atoms with E-state index in [0.29, 0.717) is 15.8 Å². The number of alkyl halides is 3. The van der Waals surface area contributed by atoms with Gasteiger partial charge < -0.3 is 15.4 Å². The Balaban J connectivity index is 1.84. The molecule has 0 saturated carbocycles. The predicted octanol–water partition coefficient (Wildman–Crippen LogP) is 3.64. The van der Waals surface area contributed by atoms with Gasteiger partial charge in [-0.2, -0.15) is 13.2 Å². The summed E-state index contributed by atoms with van der Waals surface area (Å²) in [7, 11) is 1.49. The van der Waals surface area contributed by atoms with Crippen LogP contribution in [-0.2, 0) is 6.18 Å². The Morgan fingerprint density at radius 2 is 1.59 bits per heavy atom. The molecule has 2 amide bonds. The average Bonchev–Trinajstić information content (AvgIpc) is 2.64. The monoisotopic (exact) mass is 444 g/mol. The van der Waals surface area contributed by atoms with Gasteiger partial charge in [-0.25, -0.2) is 0 Å². The number of amides is 2. The third-order valence-corrected chi connectivity index (χ3v) is 4.28. The fourth-order valence-electron chi connectivity index (χ4n) is 2.17. The second-order valence-electron chi connectivity index (χ2n) is 5.43. The van der Waals surface area contributed by atoms with E-state index in [1.54, 1.807) is 18.2 Å². The first-order valence-electron chi connectivity index (χ1n) is 7.79. The van der Waals surface area contributed by atoms with Crippen LogP contribution in [0.5, 0.6) is 5.75 Å². The molecular formula is C18H16BrF3N2O3. The highest BCUT2D eigenvalue weighted by Gasteiger charge is 2.30. The van der Waals surface area contributed by atoms with Gasteiger partial charge in [0.2, 0.25) is 0 Å². The van der Waals surface area contributed by atoms with Gasteiger partial charge in [-0.3, -0.25) is 9.59 Å². The number of carbonyl (C=O) groups excluding carboxylic acids is 2. The van der Waals surface area contributed by atoms with E-state index in [2.05, 4.69) is 26.6 Å². The largest absolute Gasteiger partial charge is 0.497 e. The van der Waals surface area contributed by atoms with Crippen molar-refractivity contribution in [3.8, 4) is 5.75 Å². The van der Waals surface area contributed by atoms with Crippen molar-refractivity contribution in [1.29, 1.82) is 0 Å². The lowest BCUT2D eigenvalue weighted by atomic mass is 10.1. The molecule has 0 saturated heterocycles. The van der Waals surface area contributed by atoms with Crippen molar-refractivity contribution < 1.29 is 27.5 Å². The Bertz CT molecular complexity index is 824. The summed E-state index contributed by atoms with van der Waals surface area (Å²) in [6.07, 6.45) is -4.45. The number of nitrogens with one attached hydrogen (secondary N) is 2. The van der Waals surface area contributed by atoms with Crippen LogP contribution in [0.3, 0.4) is 0 Å². The number of halogens is 4. The molecule has 27 heavy (non-hydrogen) atoms. The highest BCUT2D eigenvalue weighted by Crippen LogP contribution is 2.29. The van der Waals surface area contributed by atoms with Crippen LogP contribution >= 0.6 is 15.9 Å². The Morgan fingerprint density at radius 3 is 2.15 bits per heavy atom. The first-order valence-corrected chi connectivity index (χ1v) is 8.59. The van der Waals surface area contributed by atoms with Gasteiger partial charge in [0.05, 0.1) is 18.2 Å². The number of carbonyl (C=O) groups is 2. The minimum Gasteiger partial charge on any atom is -0.497 e. The lowest BCUT2D eigenvalue weighted by molar-refractivity contribution is -0.137. The van der Waals surface area contributed by atoms with Crippen molar-refractivity contribution in [2.24, 2.45) is 0 Å². The molecule has 0 radical (unpaired) electrons. The molecule has 0 aliphatic carbocycles. The average molecular weight is 445 g/mol. The van der Waals surface area contributed by atoms with Crippen LogP contribution < -0.4 is 15.4 Å². The summed E-state index contributed by atoms with van der Waals surface area (Å²) in [6.45, 7) is 0.266. The van der Waals surface area contributed by atoms with Crippen molar-refractivity contribution in [2.45, 2.75) is 6.18 Å². The molecule has 0 aliphatic rings. The summed E-state index contributed by atoms with van der Waals surface area (Å²) in [5.74, 6) is -0.357. The van der Waals surface area contributed by atoms with E-state index in [4.69, 9.17) is 4.74 Å². The molecule has 5 nitrogen and oxygen atoms in total. The van der Waals surface area contributed by atoms with Crippen molar-refractivity contribution in [3.63, 3.8) is 0 Å². The number of ether oxygens (including phenoxy) is 1. The SMILES string of the molecule is COc1ccc(Br)c(C(=O)NCCNC(=O)c2ccc(C(F)(F)F)cc2)c1. The summed E-state index contributed by atoms with van der Waals surface area (Å²) in [5.41, 5.74) is -0.344. The Morgan fingerprint density at radius 1 is 1.00 bits per heavy atom. The van der Waals surface area contributed by atoms with Crippen molar-refractivity contribution in [2.75, 3.05) is 20.2 Å². The smallest absolute Gasteiger partial charge is 0.416 e. The molecule has 0 atom stereocenters. The second-order valence-corrected chi connectivity index (χ2v) is 6.29. The van der Waals surface area contributed by atoms with Crippen molar-refractivity contribution >= 4 is 27.7 Å². The molecule has 9 heteroatoms. The van der Waals surface area contributed by atoms with E-state index in [0.717, 1.165) is 24.3 Å². The maximum absolute atomic E-state index is 12.5. The van der Waals surface area contributed by atoms with Crippen LogP contribution in [0.25, 0.3) is 0 Å². The predicted molar refractivity (Wildman–Crippen MR) is 96.8 cm³/mol. The molecule has 144 valence electrons. The highest BCUT2D eigenvalue weighted by atomic mass is 79.9. The van der Waals surface area contributed by atoms with E-state index in [9.17, 15) is 22.8 Å². The molecule has 0 aromatic heterocycles. The quantitative estimate of drug-likeness (QED) is 0.668. The van der Waals surface area contributed by atoms with Crippen LogP contribution in [-0.4, -0.2) is 32.0 Å². The number of hydrogen-bond acceptors (Lipinski definition) is 3. The Kier molecular flexibility index (Phi) is 6.84. The normalized spacial score (nSPS) is 11.0. The highest BCUT2D eigenvalue weighted by molar-refractivity contribution is 9.10. The molecule has 2 aromatic rings. The molecule has 2 aromatic carbocycles. The van der Waals surface area contributed by atoms with Crippen LogP contribution in [0.15, 0.2) is 46.9 Å². The van der Waals surface area contributed by atoms with Crippen LogP contribution in [0.2, 0.25) is 0 Å². The summed E-state index contributed by atoms with van der Waals surface area (Å²) >= 11 is 3.28. The molecule has 0 unspecified atom stereocenters. The third kappa shape index (κ3) is 5.72. The zero-order chi connectivity index (χ0) is 20.0.